The zero-order valence-electron chi connectivity index (χ0n) is 20.9. The first-order valence-corrected chi connectivity index (χ1v) is 13.0. The lowest BCUT2D eigenvalue weighted by molar-refractivity contribution is 0.0618. The Balaban J connectivity index is 1.49. The molecule has 0 spiro atoms. The number of piperazine rings is 1. The van der Waals surface area contributed by atoms with Crippen molar-refractivity contribution in [3.63, 3.8) is 0 Å². The van der Waals surface area contributed by atoms with Crippen LogP contribution in [0.25, 0.3) is 0 Å². The molecule has 33 heavy (non-hydrogen) atoms. The minimum Gasteiger partial charge on any atom is -0.304 e. The first-order valence-electron chi connectivity index (χ1n) is 13.0. The summed E-state index contributed by atoms with van der Waals surface area (Å²) < 4.78 is 0. The summed E-state index contributed by atoms with van der Waals surface area (Å²) in [5.74, 6) is 1.14. The molecule has 0 amide bonds. The van der Waals surface area contributed by atoms with Gasteiger partial charge < -0.3 is 9.80 Å². The summed E-state index contributed by atoms with van der Waals surface area (Å²) in [4.78, 5) is 10.6. The lowest BCUT2D eigenvalue weighted by Crippen LogP contribution is -2.53. The van der Waals surface area contributed by atoms with E-state index in [-0.39, 0.29) is 5.54 Å². The highest BCUT2D eigenvalue weighted by Crippen LogP contribution is 2.53. The fraction of sp³-hybridized carbons (Fsp3) is 0.586. The number of nitrogens with zero attached hydrogens (tertiary/aromatic N) is 4. The Hall–Kier alpha value is -1.72. The first-order chi connectivity index (χ1) is 16.1. The van der Waals surface area contributed by atoms with E-state index in [4.69, 9.17) is 0 Å². The Bertz CT molecular complexity index is 826. The zero-order chi connectivity index (χ0) is 22.8. The molecule has 2 aromatic carbocycles. The minimum absolute atomic E-state index is 0.264. The molecule has 1 aliphatic carbocycles. The Morgan fingerprint density at radius 3 is 1.82 bits per heavy atom. The van der Waals surface area contributed by atoms with Gasteiger partial charge in [-0.25, -0.2) is 0 Å². The van der Waals surface area contributed by atoms with Gasteiger partial charge >= 0.3 is 0 Å². The van der Waals surface area contributed by atoms with Crippen LogP contribution >= 0.6 is 0 Å². The van der Waals surface area contributed by atoms with Gasteiger partial charge in [0.2, 0.25) is 0 Å². The van der Waals surface area contributed by atoms with Crippen LogP contribution in [0.2, 0.25) is 0 Å². The average Bonchev–Trinajstić information content (AvgIpc) is 3.12. The van der Waals surface area contributed by atoms with Crippen molar-refractivity contribution in [2.75, 3.05) is 67.0 Å². The van der Waals surface area contributed by atoms with E-state index in [0.717, 1.165) is 0 Å². The van der Waals surface area contributed by atoms with Crippen molar-refractivity contribution in [2.45, 2.75) is 42.7 Å². The van der Waals surface area contributed by atoms with Crippen LogP contribution in [0.15, 0.2) is 60.7 Å². The van der Waals surface area contributed by atoms with Crippen LogP contribution in [0.4, 0.5) is 0 Å². The molecule has 3 heterocycles. The third-order valence-corrected chi connectivity index (χ3v) is 9.01. The predicted molar refractivity (Wildman–Crippen MR) is 138 cm³/mol. The van der Waals surface area contributed by atoms with Crippen LogP contribution in [-0.4, -0.2) is 98.1 Å². The van der Waals surface area contributed by atoms with Crippen molar-refractivity contribution in [1.29, 1.82) is 0 Å². The van der Waals surface area contributed by atoms with E-state index in [9.17, 15) is 0 Å². The van der Waals surface area contributed by atoms with Gasteiger partial charge in [-0.15, -0.1) is 0 Å². The minimum atomic E-state index is 0.264. The van der Waals surface area contributed by atoms with Crippen molar-refractivity contribution in [3.05, 3.63) is 71.8 Å². The molecule has 6 rings (SSSR count). The Kier molecular flexibility index (Phi) is 6.89. The summed E-state index contributed by atoms with van der Waals surface area (Å²) in [5, 5.41) is 0. The van der Waals surface area contributed by atoms with Crippen LogP contribution in [0.5, 0.6) is 0 Å². The highest BCUT2D eigenvalue weighted by Gasteiger charge is 2.52. The van der Waals surface area contributed by atoms with Crippen molar-refractivity contribution >= 4 is 0 Å². The zero-order valence-corrected chi connectivity index (χ0v) is 20.9. The summed E-state index contributed by atoms with van der Waals surface area (Å²) in [7, 11) is 6.90. The van der Waals surface area contributed by atoms with E-state index in [2.05, 4.69) is 101 Å². The number of benzene rings is 2. The van der Waals surface area contributed by atoms with E-state index >= 15 is 0 Å². The summed E-state index contributed by atoms with van der Waals surface area (Å²) in [5.41, 5.74) is 3.32. The van der Waals surface area contributed by atoms with Crippen molar-refractivity contribution in [1.82, 2.24) is 19.6 Å². The van der Waals surface area contributed by atoms with E-state index in [1.807, 2.05) is 0 Å². The number of hydrogen-bond donors (Lipinski definition) is 0. The van der Waals surface area contributed by atoms with Crippen molar-refractivity contribution in [2.24, 2.45) is 0 Å². The molecular formula is C29H42N4. The number of rotatable bonds is 6. The van der Waals surface area contributed by atoms with Crippen LogP contribution in [0.3, 0.4) is 0 Å². The SMILES string of the molecule is CN1CCN(CCN2CCC3(N(C)C)C[C@@H](c4ccccc4)C2[C@H](c2ccccc2)C3)CC1. The summed E-state index contributed by atoms with van der Waals surface area (Å²) in [6, 6.07) is 23.4. The number of likely N-dealkylation sites (N-methyl/N-ethyl adjacent to an activating group) is 1. The second-order valence-electron chi connectivity index (χ2n) is 11.0. The third kappa shape index (κ3) is 4.77. The highest BCUT2D eigenvalue weighted by atomic mass is 15.3. The molecular weight excluding hydrogens is 404 g/mol. The van der Waals surface area contributed by atoms with Gasteiger partial charge in [0.15, 0.2) is 0 Å². The monoisotopic (exact) mass is 446 g/mol. The highest BCUT2D eigenvalue weighted by molar-refractivity contribution is 5.32. The molecule has 1 saturated carbocycles. The van der Waals surface area contributed by atoms with Gasteiger partial charge in [-0.05, 0) is 51.5 Å². The third-order valence-electron chi connectivity index (χ3n) is 9.01. The molecule has 2 atom stereocenters. The molecule has 178 valence electrons. The van der Waals surface area contributed by atoms with Gasteiger partial charge in [0, 0.05) is 69.2 Å². The largest absolute Gasteiger partial charge is 0.304 e. The van der Waals surface area contributed by atoms with E-state index in [0.29, 0.717) is 17.9 Å². The van der Waals surface area contributed by atoms with E-state index in [1.165, 1.54) is 76.2 Å². The summed E-state index contributed by atoms with van der Waals surface area (Å²) >= 11 is 0. The molecule has 4 heteroatoms. The van der Waals surface area contributed by atoms with Crippen LogP contribution < -0.4 is 0 Å². The predicted octanol–water partition coefficient (Wildman–Crippen LogP) is 3.97. The van der Waals surface area contributed by atoms with E-state index < -0.39 is 0 Å². The quantitative estimate of drug-likeness (QED) is 0.666. The maximum Gasteiger partial charge on any atom is 0.0235 e. The molecule has 3 saturated heterocycles. The van der Waals surface area contributed by atoms with Crippen LogP contribution in [-0.2, 0) is 0 Å². The first kappa shape index (κ1) is 23.0. The van der Waals surface area contributed by atoms with Crippen LogP contribution in [0.1, 0.15) is 42.2 Å². The maximum absolute atomic E-state index is 2.89. The lowest BCUT2D eigenvalue weighted by atomic mass is 9.63. The van der Waals surface area contributed by atoms with Gasteiger partial charge in [-0.2, -0.15) is 0 Å². The van der Waals surface area contributed by atoms with Gasteiger partial charge in [0.05, 0.1) is 0 Å². The Labute approximate surface area is 201 Å². The second-order valence-corrected chi connectivity index (χ2v) is 11.0. The fourth-order valence-corrected chi connectivity index (χ4v) is 6.86. The summed E-state index contributed by atoms with van der Waals surface area (Å²) in [6.07, 6.45) is 3.80. The molecule has 2 bridgehead atoms. The van der Waals surface area contributed by atoms with Crippen LogP contribution in [0, 0.1) is 0 Å². The summed E-state index contributed by atoms with van der Waals surface area (Å²) in [6.45, 7) is 8.41. The van der Waals surface area contributed by atoms with E-state index in [1.54, 1.807) is 0 Å². The molecule has 0 aromatic heterocycles. The van der Waals surface area contributed by atoms with Gasteiger partial charge in [-0.3, -0.25) is 9.80 Å². The van der Waals surface area contributed by atoms with Gasteiger partial charge in [-0.1, -0.05) is 60.7 Å². The molecule has 0 N–H and O–H groups in total. The number of hydrogen-bond acceptors (Lipinski definition) is 4. The molecule has 0 unspecified atom stereocenters. The van der Waals surface area contributed by atoms with Crippen molar-refractivity contribution < 1.29 is 0 Å². The molecule has 0 radical (unpaired) electrons. The lowest BCUT2D eigenvalue weighted by Gasteiger charge is -2.51. The topological polar surface area (TPSA) is 13.0 Å². The average molecular weight is 447 g/mol. The smallest absolute Gasteiger partial charge is 0.0235 e. The fourth-order valence-electron chi connectivity index (χ4n) is 6.86. The molecule has 3 aliphatic heterocycles. The Morgan fingerprint density at radius 2 is 1.30 bits per heavy atom. The second kappa shape index (κ2) is 9.87. The van der Waals surface area contributed by atoms with Gasteiger partial charge in [0.1, 0.15) is 0 Å². The molecule has 4 aliphatic rings. The molecule has 4 nitrogen and oxygen atoms in total. The maximum atomic E-state index is 2.89. The molecule has 4 fully saturated rings. The number of fused-ring (bicyclic) bond motifs is 4. The Morgan fingerprint density at radius 1 is 0.758 bits per heavy atom. The van der Waals surface area contributed by atoms with Crippen molar-refractivity contribution in [3.8, 4) is 0 Å². The van der Waals surface area contributed by atoms with Gasteiger partial charge in [0.25, 0.3) is 0 Å². The molecule has 2 aromatic rings. The standard InChI is InChI=1S/C29H42N4/c1-30(2)29-14-15-33(21-20-32-18-16-31(3)17-19-32)28(26(22-29)24-10-6-4-7-11-24)27(23-29)25-12-8-5-9-13-25/h4-13,26-28H,14-23H2,1-3H3/t26-,27-,28?,29?/m0/s1. The normalized spacial score (nSPS) is 31.7.